The van der Waals surface area contributed by atoms with Crippen LogP contribution in [0.3, 0.4) is 0 Å². The fourth-order valence-electron chi connectivity index (χ4n) is 2.96. The number of benzene rings is 2. The largest absolute Gasteiger partial charge is 0.494 e. The van der Waals surface area contributed by atoms with E-state index in [-0.39, 0.29) is 18.3 Å². The molecule has 0 aliphatic carbocycles. The Kier molecular flexibility index (Phi) is 6.49. The molecule has 1 amide bonds. The van der Waals surface area contributed by atoms with E-state index in [1.54, 1.807) is 30.3 Å². The molecule has 1 N–H and O–H groups in total. The zero-order chi connectivity index (χ0) is 20.1. The standard InChI is InChI=1S/C21H22FNO4S/c1-4-26-13-9-10-17(27-5-2)16(11-13)23-21(24)20-14(12-25-3)19-15(22)7-6-8-18(19)28-20/h6-11H,4-5,12H2,1-3H3,(H,23,24). The minimum atomic E-state index is -0.367. The van der Waals surface area contributed by atoms with Crippen molar-refractivity contribution in [1.82, 2.24) is 0 Å². The Balaban J connectivity index is 2.00. The minimum Gasteiger partial charge on any atom is -0.494 e. The maximum atomic E-state index is 14.4. The molecule has 0 unspecified atom stereocenters. The van der Waals surface area contributed by atoms with Crippen LogP contribution in [0.2, 0.25) is 0 Å². The van der Waals surface area contributed by atoms with E-state index in [1.165, 1.54) is 24.5 Å². The number of halogens is 1. The Morgan fingerprint density at radius 3 is 2.64 bits per heavy atom. The highest BCUT2D eigenvalue weighted by Crippen LogP contribution is 2.36. The quantitative estimate of drug-likeness (QED) is 0.559. The fraction of sp³-hybridized carbons (Fsp3) is 0.286. The van der Waals surface area contributed by atoms with E-state index in [4.69, 9.17) is 14.2 Å². The van der Waals surface area contributed by atoms with Crippen molar-refractivity contribution in [1.29, 1.82) is 0 Å². The summed E-state index contributed by atoms with van der Waals surface area (Å²) in [6.45, 7) is 4.86. The summed E-state index contributed by atoms with van der Waals surface area (Å²) < 4.78 is 31.4. The van der Waals surface area contributed by atoms with Gasteiger partial charge in [-0.1, -0.05) is 6.07 Å². The number of hydrogen-bond acceptors (Lipinski definition) is 5. The van der Waals surface area contributed by atoms with Crippen LogP contribution in [0.15, 0.2) is 36.4 Å². The number of fused-ring (bicyclic) bond motifs is 1. The van der Waals surface area contributed by atoms with Gasteiger partial charge in [-0.05, 0) is 38.1 Å². The monoisotopic (exact) mass is 403 g/mol. The Hall–Kier alpha value is -2.64. The highest BCUT2D eigenvalue weighted by Gasteiger charge is 2.22. The molecule has 0 fully saturated rings. The van der Waals surface area contributed by atoms with Crippen LogP contribution in [0, 0.1) is 5.82 Å². The molecule has 0 saturated carbocycles. The van der Waals surface area contributed by atoms with Gasteiger partial charge in [-0.3, -0.25) is 4.79 Å². The van der Waals surface area contributed by atoms with Crippen molar-refractivity contribution in [2.24, 2.45) is 0 Å². The first-order valence-electron chi connectivity index (χ1n) is 8.98. The third kappa shape index (κ3) is 4.10. The van der Waals surface area contributed by atoms with Gasteiger partial charge >= 0.3 is 0 Å². The summed E-state index contributed by atoms with van der Waals surface area (Å²) in [7, 11) is 1.52. The second-order valence-electron chi connectivity index (χ2n) is 5.93. The van der Waals surface area contributed by atoms with Crippen molar-refractivity contribution in [3.8, 4) is 11.5 Å². The Morgan fingerprint density at radius 2 is 1.93 bits per heavy atom. The third-order valence-electron chi connectivity index (χ3n) is 4.07. The van der Waals surface area contributed by atoms with E-state index in [9.17, 15) is 9.18 Å². The van der Waals surface area contributed by atoms with Crippen molar-refractivity contribution >= 4 is 33.0 Å². The molecule has 7 heteroatoms. The molecule has 1 heterocycles. The van der Waals surface area contributed by atoms with Crippen LogP contribution in [0.4, 0.5) is 10.1 Å². The minimum absolute atomic E-state index is 0.140. The van der Waals surface area contributed by atoms with E-state index in [1.807, 2.05) is 13.8 Å². The van der Waals surface area contributed by atoms with Crippen LogP contribution in [0.25, 0.3) is 10.1 Å². The molecular weight excluding hydrogens is 381 g/mol. The van der Waals surface area contributed by atoms with Crippen LogP contribution in [0.5, 0.6) is 11.5 Å². The molecule has 5 nitrogen and oxygen atoms in total. The first-order chi connectivity index (χ1) is 13.6. The normalized spacial score (nSPS) is 10.9. The molecule has 2 aromatic carbocycles. The van der Waals surface area contributed by atoms with Gasteiger partial charge in [-0.2, -0.15) is 0 Å². The molecular formula is C21H22FNO4S. The summed E-state index contributed by atoms with van der Waals surface area (Å²) in [5.41, 5.74) is 1.04. The van der Waals surface area contributed by atoms with E-state index < -0.39 is 0 Å². The predicted molar refractivity (Wildman–Crippen MR) is 109 cm³/mol. The van der Waals surface area contributed by atoms with Crippen molar-refractivity contribution in [2.75, 3.05) is 25.6 Å². The SMILES string of the molecule is CCOc1ccc(OCC)c(NC(=O)c2sc3cccc(F)c3c2COC)c1. The van der Waals surface area contributed by atoms with Crippen molar-refractivity contribution in [3.05, 3.63) is 52.7 Å². The van der Waals surface area contributed by atoms with E-state index >= 15 is 0 Å². The molecule has 0 saturated heterocycles. The summed E-state index contributed by atoms with van der Waals surface area (Å²) in [6, 6.07) is 10.1. The first kappa shape index (κ1) is 20.1. The van der Waals surface area contributed by atoms with E-state index in [2.05, 4.69) is 5.32 Å². The topological polar surface area (TPSA) is 56.8 Å². The van der Waals surface area contributed by atoms with Gasteiger partial charge in [0.25, 0.3) is 5.91 Å². The van der Waals surface area contributed by atoms with Crippen LogP contribution in [0.1, 0.15) is 29.1 Å². The number of thiophene rings is 1. The number of methoxy groups -OCH3 is 1. The van der Waals surface area contributed by atoms with Crippen molar-refractivity contribution in [3.63, 3.8) is 0 Å². The number of carbonyl (C=O) groups is 1. The number of amides is 1. The molecule has 0 spiro atoms. The molecule has 1 aromatic heterocycles. The van der Waals surface area contributed by atoms with Crippen molar-refractivity contribution < 1.29 is 23.4 Å². The van der Waals surface area contributed by atoms with Gasteiger partial charge in [0.05, 0.1) is 30.4 Å². The lowest BCUT2D eigenvalue weighted by Crippen LogP contribution is -2.14. The lowest BCUT2D eigenvalue weighted by atomic mass is 10.1. The van der Waals surface area contributed by atoms with Gasteiger partial charge in [-0.15, -0.1) is 11.3 Å². The maximum Gasteiger partial charge on any atom is 0.266 e. The van der Waals surface area contributed by atoms with Gasteiger partial charge in [0.15, 0.2) is 0 Å². The summed E-state index contributed by atoms with van der Waals surface area (Å²) in [5.74, 6) is 0.455. The number of nitrogens with one attached hydrogen (secondary N) is 1. The van der Waals surface area contributed by atoms with Crippen LogP contribution < -0.4 is 14.8 Å². The smallest absolute Gasteiger partial charge is 0.266 e. The molecule has 3 aromatic rings. The fourth-order valence-corrected chi connectivity index (χ4v) is 4.07. The number of hydrogen-bond donors (Lipinski definition) is 1. The zero-order valence-corrected chi connectivity index (χ0v) is 16.8. The molecule has 0 aliphatic heterocycles. The molecule has 0 aliphatic rings. The van der Waals surface area contributed by atoms with Crippen LogP contribution >= 0.6 is 11.3 Å². The van der Waals surface area contributed by atoms with Crippen molar-refractivity contribution in [2.45, 2.75) is 20.5 Å². The van der Waals surface area contributed by atoms with Crippen LogP contribution in [-0.2, 0) is 11.3 Å². The molecule has 148 valence electrons. The lowest BCUT2D eigenvalue weighted by Gasteiger charge is -2.13. The Labute approximate surface area is 167 Å². The van der Waals surface area contributed by atoms with E-state index in [0.29, 0.717) is 50.9 Å². The number of rotatable bonds is 8. The summed E-state index contributed by atoms with van der Waals surface area (Å²) in [5, 5.41) is 3.30. The average Bonchev–Trinajstić information content (AvgIpc) is 3.04. The highest BCUT2D eigenvalue weighted by atomic mass is 32.1. The average molecular weight is 403 g/mol. The highest BCUT2D eigenvalue weighted by molar-refractivity contribution is 7.21. The predicted octanol–water partition coefficient (Wildman–Crippen LogP) is 5.24. The molecule has 28 heavy (non-hydrogen) atoms. The Morgan fingerprint density at radius 1 is 1.14 bits per heavy atom. The van der Waals surface area contributed by atoms with Gasteiger partial charge in [0.1, 0.15) is 17.3 Å². The zero-order valence-electron chi connectivity index (χ0n) is 16.0. The van der Waals surface area contributed by atoms with E-state index in [0.717, 1.165) is 0 Å². The van der Waals surface area contributed by atoms with Gasteiger partial charge < -0.3 is 19.5 Å². The number of ether oxygens (including phenoxy) is 3. The summed E-state index contributed by atoms with van der Waals surface area (Å²) in [4.78, 5) is 13.4. The van der Waals surface area contributed by atoms with Crippen LogP contribution in [-0.4, -0.2) is 26.2 Å². The molecule has 0 atom stereocenters. The first-order valence-corrected chi connectivity index (χ1v) is 9.80. The summed E-state index contributed by atoms with van der Waals surface area (Å²) >= 11 is 1.23. The van der Waals surface area contributed by atoms with Gasteiger partial charge in [0, 0.05) is 28.8 Å². The molecule has 3 rings (SSSR count). The maximum absolute atomic E-state index is 14.4. The molecule has 0 bridgehead atoms. The number of carbonyl (C=O) groups excluding carboxylic acids is 1. The lowest BCUT2D eigenvalue weighted by molar-refractivity contribution is 0.102. The third-order valence-corrected chi connectivity index (χ3v) is 5.26. The van der Waals surface area contributed by atoms with Gasteiger partial charge in [0.2, 0.25) is 0 Å². The molecule has 0 radical (unpaired) electrons. The second kappa shape index (κ2) is 9.03. The summed E-state index contributed by atoms with van der Waals surface area (Å²) in [6.07, 6.45) is 0. The number of anilines is 1. The second-order valence-corrected chi connectivity index (χ2v) is 6.99. The van der Waals surface area contributed by atoms with Gasteiger partial charge in [-0.25, -0.2) is 4.39 Å². The Bertz CT molecular complexity index is 986.